The Morgan fingerprint density at radius 2 is 2.05 bits per heavy atom. The van der Waals surface area contributed by atoms with E-state index in [1.807, 2.05) is 13.0 Å². The van der Waals surface area contributed by atoms with E-state index in [4.69, 9.17) is 0 Å². The first kappa shape index (κ1) is 13.6. The van der Waals surface area contributed by atoms with Gasteiger partial charge in [0.15, 0.2) is 0 Å². The quantitative estimate of drug-likeness (QED) is 0.520. The maximum Gasteiger partial charge on any atom is 0.273 e. The number of nitrogens with zero attached hydrogens (tertiary/aromatic N) is 1. The second-order valence-electron chi connectivity index (χ2n) is 5.02. The molecule has 0 unspecified atom stereocenters. The molecule has 6 heteroatoms. The Balaban J connectivity index is 2.21. The summed E-state index contributed by atoms with van der Waals surface area (Å²) in [6, 6.07) is 4.88. The van der Waals surface area contributed by atoms with Gasteiger partial charge in [0.05, 0.1) is 17.1 Å². The number of nitro groups is 1. The molecule has 0 aliphatic heterocycles. The van der Waals surface area contributed by atoms with E-state index in [9.17, 15) is 15.2 Å². The molecule has 1 saturated carbocycles. The first-order valence-electron chi connectivity index (χ1n) is 6.51. The molecule has 1 fully saturated rings. The van der Waals surface area contributed by atoms with Crippen molar-refractivity contribution in [3.63, 3.8) is 0 Å². The Labute approximate surface area is 112 Å². The molecule has 0 heterocycles. The number of hydrogen-bond acceptors (Lipinski definition) is 5. The van der Waals surface area contributed by atoms with Crippen molar-refractivity contribution in [2.75, 3.05) is 23.8 Å². The molecule has 0 spiro atoms. The zero-order valence-corrected chi connectivity index (χ0v) is 11.0. The molecule has 0 radical (unpaired) electrons. The molecule has 0 atom stereocenters. The van der Waals surface area contributed by atoms with Crippen LogP contribution in [0.3, 0.4) is 0 Å². The fourth-order valence-corrected chi connectivity index (χ4v) is 1.94. The fraction of sp³-hybridized carbons (Fsp3) is 0.538. The molecule has 1 aromatic rings. The van der Waals surface area contributed by atoms with Crippen LogP contribution in [-0.4, -0.2) is 28.7 Å². The first-order chi connectivity index (χ1) is 9.08. The summed E-state index contributed by atoms with van der Waals surface area (Å²) < 4.78 is 0. The molecular formula is C13H19N3O3. The van der Waals surface area contributed by atoms with Gasteiger partial charge in [-0.05, 0) is 25.3 Å². The number of nitro benzene ring substituents is 1. The Kier molecular flexibility index (Phi) is 3.90. The molecule has 104 valence electrons. The van der Waals surface area contributed by atoms with Gasteiger partial charge in [-0.3, -0.25) is 10.1 Å². The lowest BCUT2D eigenvalue weighted by atomic mass is 10.2. The van der Waals surface area contributed by atoms with E-state index in [2.05, 4.69) is 10.6 Å². The van der Waals surface area contributed by atoms with E-state index >= 15 is 0 Å². The minimum Gasteiger partial charge on any atom is -0.394 e. The Bertz CT molecular complexity index is 472. The average Bonchev–Trinajstić information content (AvgIpc) is 3.16. The maximum atomic E-state index is 10.9. The van der Waals surface area contributed by atoms with Crippen molar-refractivity contribution < 1.29 is 10.0 Å². The van der Waals surface area contributed by atoms with Crippen LogP contribution >= 0.6 is 0 Å². The molecule has 0 amide bonds. The van der Waals surface area contributed by atoms with E-state index in [1.165, 1.54) is 12.1 Å². The summed E-state index contributed by atoms with van der Waals surface area (Å²) in [4.78, 5) is 10.5. The standard InChI is InChI=1S/C13H19N3O3/c1-2-5-14-10-6-11(8-12(7-10)16(18)19)15-13(9-17)3-4-13/h6-8,14-15,17H,2-5,9H2,1H3. The minimum absolute atomic E-state index is 0.0490. The largest absolute Gasteiger partial charge is 0.394 e. The van der Waals surface area contributed by atoms with Crippen molar-refractivity contribution in [1.29, 1.82) is 0 Å². The number of rotatable bonds is 7. The summed E-state index contributed by atoms with van der Waals surface area (Å²) in [7, 11) is 0. The number of nitrogens with one attached hydrogen (secondary N) is 2. The number of benzene rings is 1. The van der Waals surface area contributed by atoms with Gasteiger partial charge in [-0.1, -0.05) is 6.92 Å². The molecule has 6 nitrogen and oxygen atoms in total. The van der Waals surface area contributed by atoms with Crippen molar-refractivity contribution >= 4 is 17.1 Å². The highest BCUT2D eigenvalue weighted by molar-refractivity contribution is 5.64. The van der Waals surface area contributed by atoms with Crippen LogP contribution in [0.4, 0.5) is 17.1 Å². The summed E-state index contributed by atoms with van der Waals surface area (Å²) in [6.07, 6.45) is 2.74. The smallest absolute Gasteiger partial charge is 0.273 e. The third-order valence-electron chi connectivity index (χ3n) is 3.27. The van der Waals surface area contributed by atoms with Crippen molar-refractivity contribution in [2.24, 2.45) is 0 Å². The highest BCUT2D eigenvalue weighted by atomic mass is 16.6. The normalized spacial score (nSPS) is 15.9. The summed E-state index contributed by atoms with van der Waals surface area (Å²) >= 11 is 0. The topological polar surface area (TPSA) is 87.4 Å². The summed E-state index contributed by atoms with van der Waals surface area (Å²) in [5.74, 6) is 0. The molecule has 19 heavy (non-hydrogen) atoms. The van der Waals surface area contributed by atoms with Crippen LogP contribution in [0.1, 0.15) is 26.2 Å². The van der Waals surface area contributed by atoms with Gasteiger partial charge in [-0.2, -0.15) is 0 Å². The van der Waals surface area contributed by atoms with Crippen LogP contribution < -0.4 is 10.6 Å². The number of aliphatic hydroxyl groups excluding tert-OH is 1. The number of hydrogen-bond donors (Lipinski definition) is 3. The van der Waals surface area contributed by atoms with Gasteiger partial charge in [0.25, 0.3) is 5.69 Å². The van der Waals surface area contributed by atoms with Gasteiger partial charge in [0.1, 0.15) is 0 Å². The molecule has 1 aromatic carbocycles. The predicted molar refractivity (Wildman–Crippen MR) is 74.6 cm³/mol. The second kappa shape index (κ2) is 5.44. The van der Waals surface area contributed by atoms with Crippen molar-refractivity contribution in [1.82, 2.24) is 0 Å². The van der Waals surface area contributed by atoms with Gasteiger partial charge >= 0.3 is 0 Å². The molecule has 1 aliphatic carbocycles. The Morgan fingerprint density at radius 3 is 2.58 bits per heavy atom. The second-order valence-corrected chi connectivity index (χ2v) is 5.02. The fourth-order valence-electron chi connectivity index (χ4n) is 1.94. The average molecular weight is 265 g/mol. The van der Waals surface area contributed by atoms with Crippen molar-refractivity contribution in [3.05, 3.63) is 28.3 Å². The number of non-ortho nitro benzene ring substituents is 1. The number of anilines is 2. The van der Waals surface area contributed by atoms with Gasteiger partial charge < -0.3 is 15.7 Å². The first-order valence-corrected chi connectivity index (χ1v) is 6.51. The Hall–Kier alpha value is -1.82. The molecule has 3 N–H and O–H groups in total. The van der Waals surface area contributed by atoms with Crippen LogP contribution in [0.2, 0.25) is 0 Å². The third-order valence-corrected chi connectivity index (χ3v) is 3.27. The molecule has 0 bridgehead atoms. The van der Waals surface area contributed by atoms with Gasteiger partial charge in [0.2, 0.25) is 0 Å². The van der Waals surface area contributed by atoms with Crippen LogP contribution in [0.25, 0.3) is 0 Å². The molecular weight excluding hydrogens is 246 g/mol. The van der Waals surface area contributed by atoms with Crippen molar-refractivity contribution in [3.8, 4) is 0 Å². The van der Waals surface area contributed by atoms with Crippen LogP contribution in [0, 0.1) is 10.1 Å². The zero-order valence-electron chi connectivity index (χ0n) is 11.0. The SMILES string of the molecule is CCCNc1cc(NC2(CO)CC2)cc([N+](=O)[O-])c1. The van der Waals surface area contributed by atoms with Gasteiger partial charge in [-0.15, -0.1) is 0 Å². The summed E-state index contributed by atoms with van der Waals surface area (Å²) in [5, 5.41) is 26.6. The van der Waals surface area contributed by atoms with Crippen molar-refractivity contribution in [2.45, 2.75) is 31.7 Å². The monoisotopic (exact) mass is 265 g/mol. The van der Waals surface area contributed by atoms with Crippen LogP contribution in [0.5, 0.6) is 0 Å². The Morgan fingerprint density at radius 1 is 1.37 bits per heavy atom. The van der Waals surface area contributed by atoms with Crippen LogP contribution in [-0.2, 0) is 0 Å². The highest BCUT2D eigenvalue weighted by Crippen LogP contribution is 2.39. The molecule has 0 saturated heterocycles. The maximum absolute atomic E-state index is 10.9. The van der Waals surface area contributed by atoms with Gasteiger partial charge in [0, 0.05) is 30.1 Å². The van der Waals surface area contributed by atoms with E-state index < -0.39 is 4.92 Å². The highest BCUT2D eigenvalue weighted by Gasteiger charge is 2.42. The molecule has 1 aliphatic rings. The van der Waals surface area contributed by atoms with E-state index in [-0.39, 0.29) is 17.8 Å². The molecule has 0 aromatic heterocycles. The molecule has 2 rings (SSSR count). The van der Waals surface area contributed by atoms with Crippen LogP contribution in [0.15, 0.2) is 18.2 Å². The predicted octanol–water partition coefficient (Wildman–Crippen LogP) is 2.35. The summed E-state index contributed by atoms with van der Waals surface area (Å²) in [6.45, 7) is 2.85. The van der Waals surface area contributed by atoms with Gasteiger partial charge in [-0.25, -0.2) is 0 Å². The lowest BCUT2D eigenvalue weighted by Gasteiger charge is -2.17. The zero-order chi connectivity index (χ0) is 13.9. The summed E-state index contributed by atoms with van der Waals surface area (Å²) in [5.41, 5.74) is 1.18. The lowest BCUT2D eigenvalue weighted by Crippen LogP contribution is -2.25. The minimum atomic E-state index is -0.402. The van der Waals surface area contributed by atoms with E-state index in [1.54, 1.807) is 0 Å². The number of aliphatic hydroxyl groups is 1. The van der Waals surface area contributed by atoms with E-state index in [0.717, 1.165) is 31.5 Å². The lowest BCUT2D eigenvalue weighted by molar-refractivity contribution is -0.384. The van der Waals surface area contributed by atoms with E-state index in [0.29, 0.717) is 5.69 Å². The third kappa shape index (κ3) is 3.35.